The molecule has 1 amide bonds. The van der Waals surface area contributed by atoms with Crippen molar-refractivity contribution in [1.82, 2.24) is 4.98 Å². The lowest BCUT2D eigenvalue weighted by atomic mass is 9.99. The molecule has 198 valence electrons. The number of hydrogen-bond donors (Lipinski definition) is 4. The summed E-state index contributed by atoms with van der Waals surface area (Å²) >= 11 is 1.16. The maximum absolute atomic E-state index is 13.3. The number of rotatable bonds is 7. The van der Waals surface area contributed by atoms with Crippen LogP contribution in [0.1, 0.15) is 9.67 Å². The molecule has 39 heavy (non-hydrogen) atoms. The quantitative estimate of drug-likeness (QED) is 0.186. The predicted octanol–water partition coefficient (Wildman–Crippen LogP) is 5.90. The van der Waals surface area contributed by atoms with Crippen LogP contribution in [0.15, 0.2) is 66.7 Å². The first-order valence-corrected chi connectivity index (χ1v) is 12.6. The molecule has 0 aliphatic carbocycles. The van der Waals surface area contributed by atoms with E-state index in [1.165, 1.54) is 12.1 Å². The van der Waals surface area contributed by atoms with Gasteiger partial charge >= 0.3 is 0 Å². The van der Waals surface area contributed by atoms with Crippen LogP contribution in [-0.2, 0) is 0 Å². The zero-order chi connectivity index (χ0) is 27.7. The van der Waals surface area contributed by atoms with E-state index in [4.69, 9.17) is 24.9 Å². The van der Waals surface area contributed by atoms with Gasteiger partial charge < -0.3 is 35.5 Å². The van der Waals surface area contributed by atoms with Gasteiger partial charge in [0.2, 0.25) is 0 Å². The number of nitrogen functional groups attached to an aromatic ring is 1. The molecule has 0 aliphatic rings. The number of methoxy groups -OCH3 is 3. The molecule has 3 aromatic carbocycles. The van der Waals surface area contributed by atoms with Crippen LogP contribution in [0.2, 0.25) is 0 Å². The van der Waals surface area contributed by atoms with E-state index in [2.05, 4.69) is 5.32 Å². The Balaban J connectivity index is 1.66. The zero-order valence-electron chi connectivity index (χ0n) is 21.3. The van der Waals surface area contributed by atoms with E-state index in [-0.39, 0.29) is 23.1 Å². The maximum atomic E-state index is 13.3. The molecule has 2 aromatic heterocycles. The van der Waals surface area contributed by atoms with Crippen molar-refractivity contribution in [3.05, 3.63) is 71.6 Å². The molecule has 5 aromatic rings. The first kappa shape index (κ1) is 25.7. The first-order chi connectivity index (χ1) is 18.8. The van der Waals surface area contributed by atoms with Crippen molar-refractivity contribution in [2.45, 2.75) is 0 Å². The minimum atomic E-state index is -0.382. The largest absolute Gasteiger partial charge is 0.504 e. The van der Waals surface area contributed by atoms with Crippen LogP contribution in [0, 0.1) is 0 Å². The van der Waals surface area contributed by atoms with Crippen LogP contribution in [0.4, 0.5) is 11.4 Å². The van der Waals surface area contributed by atoms with Crippen molar-refractivity contribution in [1.29, 1.82) is 0 Å². The summed E-state index contributed by atoms with van der Waals surface area (Å²) in [7, 11) is 4.68. The Labute approximate surface area is 228 Å². The number of pyridine rings is 1. The second-order valence-electron chi connectivity index (χ2n) is 8.54. The second kappa shape index (κ2) is 10.4. The number of amides is 1. The van der Waals surface area contributed by atoms with E-state index in [1.807, 2.05) is 12.1 Å². The van der Waals surface area contributed by atoms with Crippen molar-refractivity contribution < 1.29 is 29.2 Å². The van der Waals surface area contributed by atoms with Gasteiger partial charge in [0.25, 0.3) is 5.91 Å². The number of nitrogens with zero attached hydrogens (tertiary/aromatic N) is 1. The Kier molecular flexibility index (Phi) is 6.86. The van der Waals surface area contributed by atoms with Crippen LogP contribution in [0.3, 0.4) is 0 Å². The van der Waals surface area contributed by atoms with Gasteiger partial charge in [-0.1, -0.05) is 6.07 Å². The van der Waals surface area contributed by atoms with Gasteiger partial charge in [-0.05, 0) is 71.8 Å². The number of ether oxygens (including phenoxy) is 3. The monoisotopic (exact) mass is 543 g/mol. The summed E-state index contributed by atoms with van der Waals surface area (Å²) in [6, 6.07) is 18.7. The third-order valence-corrected chi connectivity index (χ3v) is 7.32. The van der Waals surface area contributed by atoms with E-state index >= 15 is 0 Å². The van der Waals surface area contributed by atoms with Gasteiger partial charge in [-0.3, -0.25) is 4.79 Å². The van der Waals surface area contributed by atoms with Crippen molar-refractivity contribution in [3.8, 4) is 51.1 Å². The molecule has 2 heterocycles. The summed E-state index contributed by atoms with van der Waals surface area (Å²) in [6.45, 7) is 0. The molecular formula is C29H25N3O6S. The maximum Gasteiger partial charge on any atom is 0.267 e. The Bertz CT molecular complexity index is 1700. The Morgan fingerprint density at radius 3 is 2.23 bits per heavy atom. The predicted molar refractivity (Wildman–Crippen MR) is 152 cm³/mol. The first-order valence-electron chi connectivity index (χ1n) is 11.8. The number of fused-ring (bicyclic) bond motifs is 1. The number of nitrogens with one attached hydrogen (secondary N) is 1. The average molecular weight is 544 g/mol. The van der Waals surface area contributed by atoms with Crippen LogP contribution in [-0.4, -0.2) is 42.4 Å². The third-order valence-electron chi connectivity index (χ3n) is 6.22. The molecule has 9 nitrogen and oxygen atoms in total. The van der Waals surface area contributed by atoms with Crippen molar-refractivity contribution in [3.63, 3.8) is 0 Å². The van der Waals surface area contributed by atoms with E-state index in [1.54, 1.807) is 63.8 Å². The van der Waals surface area contributed by atoms with Gasteiger partial charge in [0.05, 0.1) is 32.7 Å². The van der Waals surface area contributed by atoms with Gasteiger partial charge in [0.1, 0.15) is 15.5 Å². The minimum Gasteiger partial charge on any atom is -0.504 e. The van der Waals surface area contributed by atoms with Gasteiger partial charge in [-0.25, -0.2) is 4.98 Å². The Hall–Kier alpha value is -4.96. The topological polar surface area (TPSA) is 136 Å². The Morgan fingerprint density at radius 2 is 1.56 bits per heavy atom. The minimum absolute atomic E-state index is 0.248. The van der Waals surface area contributed by atoms with Gasteiger partial charge in [-0.2, -0.15) is 0 Å². The summed E-state index contributed by atoms with van der Waals surface area (Å²) in [5, 5.41) is 23.5. The lowest BCUT2D eigenvalue weighted by molar-refractivity contribution is 0.103. The van der Waals surface area contributed by atoms with Gasteiger partial charge in [0.15, 0.2) is 23.0 Å². The van der Waals surface area contributed by atoms with Crippen molar-refractivity contribution >= 4 is 38.8 Å². The highest BCUT2D eigenvalue weighted by molar-refractivity contribution is 7.21. The molecule has 0 saturated heterocycles. The SMILES string of the molecule is COc1ccc(NC(=O)c2sc3nc(-c4ccc(OC)c(OC)c4)cc(-c4ccc(O)c(O)c4)c3c2N)cc1. The van der Waals surface area contributed by atoms with Crippen molar-refractivity contribution in [2.75, 3.05) is 32.4 Å². The van der Waals surface area contributed by atoms with E-state index in [0.29, 0.717) is 54.9 Å². The average Bonchev–Trinajstić information content (AvgIpc) is 3.30. The molecule has 0 saturated carbocycles. The smallest absolute Gasteiger partial charge is 0.267 e. The molecule has 0 radical (unpaired) electrons. The Morgan fingerprint density at radius 1 is 0.846 bits per heavy atom. The van der Waals surface area contributed by atoms with Gasteiger partial charge in [-0.15, -0.1) is 11.3 Å². The molecule has 0 unspecified atom stereocenters. The van der Waals surface area contributed by atoms with Gasteiger partial charge in [0, 0.05) is 16.6 Å². The van der Waals surface area contributed by atoms with E-state index < -0.39 is 0 Å². The zero-order valence-corrected chi connectivity index (χ0v) is 22.1. The summed E-state index contributed by atoms with van der Waals surface area (Å²) in [5.74, 6) is 0.865. The normalized spacial score (nSPS) is 10.8. The fourth-order valence-corrected chi connectivity index (χ4v) is 5.23. The van der Waals surface area contributed by atoms with Crippen LogP contribution in [0.25, 0.3) is 32.6 Å². The molecule has 0 fully saturated rings. The summed E-state index contributed by atoms with van der Waals surface area (Å²) in [5.41, 5.74) is 9.96. The van der Waals surface area contributed by atoms with E-state index in [9.17, 15) is 15.0 Å². The van der Waals surface area contributed by atoms with Crippen LogP contribution >= 0.6 is 11.3 Å². The number of phenols is 2. The summed E-state index contributed by atoms with van der Waals surface area (Å²) in [4.78, 5) is 18.9. The molecule has 0 atom stereocenters. The highest BCUT2D eigenvalue weighted by atomic mass is 32.1. The second-order valence-corrected chi connectivity index (χ2v) is 9.54. The van der Waals surface area contributed by atoms with E-state index in [0.717, 1.165) is 16.9 Å². The number of anilines is 2. The number of hydrogen-bond acceptors (Lipinski definition) is 9. The molecule has 0 bridgehead atoms. The highest BCUT2D eigenvalue weighted by Gasteiger charge is 2.23. The molecular weight excluding hydrogens is 518 g/mol. The third kappa shape index (κ3) is 4.85. The number of phenolic OH excluding ortho intramolecular Hbond substituents is 2. The van der Waals surface area contributed by atoms with Crippen LogP contribution in [0.5, 0.6) is 28.7 Å². The fraction of sp³-hybridized carbons (Fsp3) is 0.103. The number of aromatic nitrogens is 1. The molecule has 10 heteroatoms. The molecule has 0 aliphatic heterocycles. The lowest BCUT2D eigenvalue weighted by Crippen LogP contribution is -2.11. The fourth-order valence-electron chi connectivity index (χ4n) is 4.21. The molecule has 0 spiro atoms. The number of carbonyl (C=O) groups excluding carboxylic acids is 1. The summed E-state index contributed by atoms with van der Waals surface area (Å²) < 4.78 is 16.0. The molecule has 5 rings (SSSR count). The number of nitrogens with two attached hydrogens (primary N) is 1. The summed E-state index contributed by atoms with van der Waals surface area (Å²) in [6.07, 6.45) is 0. The van der Waals surface area contributed by atoms with Crippen LogP contribution < -0.4 is 25.3 Å². The number of carbonyl (C=O) groups is 1. The lowest BCUT2D eigenvalue weighted by Gasteiger charge is -2.12. The standard InChI is InChI=1S/C29H25N3O6S/c1-36-18-8-6-17(7-9-18)31-28(35)27-26(30)25-19(15-4-10-21(33)22(34)12-15)14-20(32-29(25)39-27)16-5-11-23(37-2)24(13-16)38-3/h4-14,33-34H,30H2,1-3H3,(H,31,35). The number of thiophene rings is 1. The highest BCUT2D eigenvalue weighted by Crippen LogP contribution is 2.43. The van der Waals surface area contributed by atoms with Crippen molar-refractivity contribution in [2.24, 2.45) is 0 Å². The molecule has 5 N–H and O–H groups in total. The number of aromatic hydroxyl groups is 2. The number of benzene rings is 3.